The number of aromatic amines is 1. The van der Waals surface area contributed by atoms with Crippen molar-refractivity contribution < 1.29 is 4.79 Å². The molecule has 2 aromatic rings. The summed E-state index contributed by atoms with van der Waals surface area (Å²) < 4.78 is 3.33. The lowest BCUT2D eigenvalue weighted by atomic mass is 10.3. The number of amides is 1. The molecule has 0 aliphatic carbocycles. The molecule has 0 saturated heterocycles. The van der Waals surface area contributed by atoms with Crippen LogP contribution in [0.4, 0.5) is 0 Å². The number of hydrogen-bond donors (Lipinski definition) is 2. The fraction of sp³-hybridized carbons (Fsp3) is 0.273. The van der Waals surface area contributed by atoms with E-state index < -0.39 is 0 Å². The number of carbonyl (C=O) groups is 1. The molecule has 2 rings (SSSR count). The predicted molar refractivity (Wildman–Crippen MR) is 73.5 cm³/mol. The fourth-order valence-electron chi connectivity index (χ4n) is 1.69. The van der Waals surface area contributed by atoms with Crippen molar-refractivity contribution in [3.05, 3.63) is 27.4 Å². The van der Waals surface area contributed by atoms with Crippen LogP contribution in [-0.4, -0.2) is 22.0 Å². The highest BCUT2D eigenvalue weighted by Gasteiger charge is 2.08. The van der Waals surface area contributed by atoms with E-state index in [9.17, 15) is 4.79 Å². The molecule has 1 aromatic heterocycles. The Morgan fingerprint density at radius 2 is 2.35 bits per heavy atom. The van der Waals surface area contributed by atoms with Gasteiger partial charge >= 0.3 is 0 Å². The second-order valence-electron chi connectivity index (χ2n) is 3.63. The number of carbonyl (C=O) groups excluding carboxylic acids is 1. The number of nitrogens with one attached hydrogen (secondary N) is 2. The molecule has 0 fully saturated rings. The Morgan fingerprint density at radius 3 is 3.06 bits per heavy atom. The highest BCUT2D eigenvalue weighted by atomic mass is 79.9. The summed E-state index contributed by atoms with van der Waals surface area (Å²) in [4.78, 5) is 14.7. The number of benzene rings is 1. The van der Waals surface area contributed by atoms with E-state index in [2.05, 4.69) is 26.2 Å². The molecule has 1 aromatic carbocycles. The second-order valence-corrected chi connectivity index (χ2v) is 4.93. The zero-order chi connectivity index (χ0) is 12.4. The van der Waals surface area contributed by atoms with Crippen LogP contribution in [0.15, 0.2) is 22.7 Å². The number of rotatable bonds is 3. The number of H-pyrrole nitrogens is 1. The van der Waals surface area contributed by atoms with Gasteiger partial charge in [-0.15, -0.1) is 0 Å². The Balaban J connectivity index is 2.43. The summed E-state index contributed by atoms with van der Waals surface area (Å²) in [5.41, 5.74) is 1.86. The summed E-state index contributed by atoms with van der Waals surface area (Å²) in [6, 6.07) is 5.81. The van der Waals surface area contributed by atoms with Crippen LogP contribution < -0.4 is 5.32 Å². The zero-order valence-corrected chi connectivity index (χ0v) is 11.7. The van der Waals surface area contributed by atoms with Crippen molar-refractivity contribution in [3.8, 4) is 0 Å². The van der Waals surface area contributed by atoms with Crippen LogP contribution in [0.25, 0.3) is 11.0 Å². The van der Waals surface area contributed by atoms with Crippen molar-refractivity contribution in [2.24, 2.45) is 0 Å². The first-order valence-electron chi connectivity index (χ1n) is 5.26. The molecule has 1 amide bonds. The fourth-order valence-corrected chi connectivity index (χ4v) is 2.32. The van der Waals surface area contributed by atoms with E-state index in [4.69, 9.17) is 12.2 Å². The normalized spacial score (nSPS) is 10.7. The molecule has 0 atom stereocenters. The molecule has 0 aliphatic heterocycles. The van der Waals surface area contributed by atoms with Gasteiger partial charge < -0.3 is 14.9 Å². The Bertz CT molecular complexity index is 617. The Morgan fingerprint density at radius 1 is 1.59 bits per heavy atom. The maximum absolute atomic E-state index is 11.6. The third-order valence-electron chi connectivity index (χ3n) is 2.41. The lowest BCUT2D eigenvalue weighted by Crippen LogP contribution is -2.27. The molecule has 0 saturated carbocycles. The van der Waals surface area contributed by atoms with E-state index in [1.807, 2.05) is 25.1 Å². The predicted octanol–water partition coefficient (Wildman–Crippen LogP) is 2.60. The quantitative estimate of drug-likeness (QED) is 0.856. The first kappa shape index (κ1) is 12.3. The van der Waals surface area contributed by atoms with Crippen LogP contribution in [-0.2, 0) is 11.3 Å². The molecular formula is C11H12BrN3OS. The highest BCUT2D eigenvalue weighted by Crippen LogP contribution is 2.19. The van der Waals surface area contributed by atoms with Gasteiger partial charge in [0.15, 0.2) is 4.77 Å². The molecular weight excluding hydrogens is 302 g/mol. The molecule has 0 aliphatic rings. The van der Waals surface area contributed by atoms with Crippen LogP contribution in [0.3, 0.4) is 0 Å². The SMILES string of the molecule is CCNC(=O)Cn1c(=S)[nH]c2cc(Br)ccc21. The van der Waals surface area contributed by atoms with Gasteiger partial charge in [-0.2, -0.15) is 0 Å². The van der Waals surface area contributed by atoms with Crippen molar-refractivity contribution in [3.63, 3.8) is 0 Å². The minimum atomic E-state index is -0.0348. The molecule has 0 radical (unpaired) electrons. The van der Waals surface area contributed by atoms with Crippen molar-refractivity contribution in [2.75, 3.05) is 6.54 Å². The van der Waals surface area contributed by atoms with Gasteiger partial charge in [-0.1, -0.05) is 15.9 Å². The van der Waals surface area contributed by atoms with E-state index in [1.165, 1.54) is 0 Å². The van der Waals surface area contributed by atoms with E-state index in [-0.39, 0.29) is 12.5 Å². The topological polar surface area (TPSA) is 49.8 Å². The average Bonchev–Trinajstić information content (AvgIpc) is 2.55. The summed E-state index contributed by atoms with van der Waals surface area (Å²) in [5.74, 6) is -0.0348. The number of aromatic nitrogens is 2. The lowest BCUT2D eigenvalue weighted by Gasteiger charge is -2.04. The van der Waals surface area contributed by atoms with Crippen LogP contribution in [0, 0.1) is 4.77 Å². The summed E-state index contributed by atoms with van der Waals surface area (Å²) in [7, 11) is 0. The standard InChI is InChI=1S/C11H12BrN3OS/c1-2-13-10(16)6-15-9-4-3-7(12)5-8(9)14-11(15)17/h3-5H,2,6H2,1H3,(H,13,16)(H,14,17). The Kier molecular flexibility index (Phi) is 3.63. The van der Waals surface area contributed by atoms with Crippen molar-refractivity contribution in [2.45, 2.75) is 13.5 Å². The minimum absolute atomic E-state index is 0.0348. The summed E-state index contributed by atoms with van der Waals surface area (Å²) >= 11 is 8.61. The summed E-state index contributed by atoms with van der Waals surface area (Å²) in [6.45, 7) is 2.76. The molecule has 4 nitrogen and oxygen atoms in total. The molecule has 90 valence electrons. The van der Waals surface area contributed by atoms with Gasteiger partial charge in [-0.3, -0.25) is 4.79 Å². The van der Waals surface area contributed by atoms with Gasteiger partial charge in [-0.25, -0.2) is 0 Å². The van der Waals surface area contributed by atoms with E-state index >= 15 is 0 Å². The highest BCUT2D eigenvalue weighted by molar-refractivity contribution is 9.10. The number of imidazole rings is 1. The molecule has 6 heteroatoms. The van der Waals surface area contributed by atoms with Gasteiger partial charge in [0.25, 0.3) is 0 Å². The maximum Gasteiger partial charge on any atom is 0.240 e. The molecule has 17 heavy (non-hydrogen) atoms. The van der Waals surface area contributed by atoms with Crippen LogP contribution in [0.5, 0.6) is 0 Å². The lowest BCUT2D eigenvalue weighted by molar-refractivity contribution is -0.121. The van der Waals surface area contributed by atoms with Crippen molar-refractivity contribution in [1.82, 2.24) is 14.9 Å². The third kappa shape index (κ3) is 2.58. The molecule has 0 spiro atoms. The molecule has 0 bridgehead atoms. The Hall–Kier alpha value is -1.14. The summed E-state index contributed by atoms with van der Waals surface area (Å²) in [6.07, 6.45) is 0. The van der Waals surface area contributed by atoms with E-state index in [0.717, 1.165) is 15.5 Å². The average molecular weight is 314 g/mol. The second kappa shape index (κ2) is 5.01. The third-order valence-corrected chi connectivity index (χ3v) is 3.23. The number of hydrogen-bond acceptors (Lipinski definition) is 2. The van der Waals surface area contributed by atoms with Gasteiger partial charge in [0.1, 0.15) is 6.54 Å². The van der Waals surface area contributed by atoms with E-state index in [1.54, 1.807) is 4.57 Å². The van der Waals surface area contributed by atoms with E-state index in [0.29, 0.717) is 11.3 Å². The van der Waals surface area contributed by atoms with Crippen LogP contribution in [0.1, 0.15) is 6.92 Å². The van der Waals surface area contributed by atoms with Gasteiger partial charge in [0.05, 0.1) is 11.0 Å². The molecule has 0 unspecified atom stereocenters. The van der Waals surface area contributed by atoms with Crippen LogP contribution >= 0.6 is 28.1 Å². The minimum Gasteiger partial charge on any atom is -0.355 e. The molecule has 2 N–H and O–H groups in total. The van der Waals surface area contributed by atoms with Crippen LogP contribution in [0.2, 0.25) is 0 Å². The molecule has 1 heterocycles. The van der Waals surface area contributed by atoms with Gasteiger partial charge in [-0.05, 0) is 37.3 Å². The first-order valence-corrected chi connectivity index (χ1v) is 6.46. The first-order chi connectivity index (χ1) is 8.11. The smallest absolute Gasteiger partial charge is 0.240 e. The number of fused-ring (bicyclic) bond motifs is 1. The summed E-state index contributed by atoms with van der Waals surface area (Å²) in [5, 5.41) is 2.76. The Labute approximate surface area is 112 Å². The number of halogens is 1. The number of likely N-dealkylation sites (N-methyl/N-ethyl adjacent to an activating group) is 1. The zero-order valence-electron chi connectivity index (χ0n) is 9.29. The van der Waals surface area contributed by atoms with Crippen molar-refractivity contribution >= 4 is 45.1 Å². The monoisotopic (exact) mass is 313 g/mol. The van der Waals surface area contributed by atoms with Crippen molar-refractivity contribution in [1.29, 1.82) is 0 Å². The van der Waals surface area contributed by atoms with Gasteiger partial charge in [0, 0.05) is 11.0 Å². The largest absolute Gasteiger partial charge is 0.355 e. The van der Waals surface area contributed by atoms with Gasteiger partial charge in [0.2, 0.25) is 5.91 Å². The number of nitrogens with zero attached hydrogens (tertiary/aromatic N) is 1. The maximum atomic E-state index is 11.6.